The lowest BCUT2D eigenvalue weighted by atomic mass is 10.1. The molecule has 2 N–H and O–H groups in total. The van der Waals surface area contributed by atoms with Crippen molar-refractivity contribution in [2.75, 3.05) is 26.2 Å². The number of nitrogens with one attached hydrogen (secondary N) is 1. The van der Waals surface area contributed by atoms with Crippen LogP contribution in [0, 0.1) is 0 Å². The molecule has 0 aliphatic carbocycles. The third kappa shape index (κ3) is 3.64. The molecule has 1 unspecified atom stereocenters. The molecular formula is C10H20N2O2. The van der Waals surface area contributed by atoms with Crippen LogP contribution in [0.5, 0.6) is 0 Å². The number of nitrogens with zero attached hydrogens (tertiary/aromatic N) is 1. The van der Waals surface area contributed by atoms with Gasteiger partial charge in [-0.05, 0) is 25.9 Å². The van der Waals surface area contributed by atoms with Gasteiger partial charge in [0.15, 0.2) is 0 Å². The lowest BCUT2D eigenvalue weighted by Gasteiger charge is -2.33. The van der Waals surface area contributed by atoms with Crippen molar-refractivity contribution in [3.05, 3.63) is 0 Å². The highest BCUT2D eigenvalue weighted by molar-refractivity contribution is 5.66. The zero-order chi connectivity index (χ0) is 10.4. The van der Waals surface area contributed by atoms with Crippen LogP contribution >= 0.6 is 0 Å². The van der Waals surface area contributed by atoms with E-state index in [9.17, 15) is 4.79 Å². The van der Waals surface area contributed by atoms with E-state index in [0.29, 0.717) is 12.6 Å². The summed E-state index contributed by atoms with van der Waals surface area (Å²) >= 11 is 0. The van der Waals surface area contributed by atoms with Gasteiger partial charge in [-0.2, -0.15) is 0 Å². The summed E-state index contributed by atoms with van der Waals surface area (Å²) in [5.41, 5.74) is 0. The Kier molecular flexibility index (Phi) is 4.90. The summed E-state index contributed by atoms with van der Waals surface area (Å²) < 4.78 is 0. The van der Waals surface area contributed by atoms with Crippen molar-refractivity contribution >= 4 is 5.97 Å². The Balaban J connectivity index is 2.31. The Morgan fingerprint density at radius 1 is 1.64 bits per heavy atom. The fourth-order valence-corrected chi connectivity index (χ4v) is 1.98. The highest BCUT2D eigenvalue weighted by atomic mass is 16.4. The van der Waals surface area contributed by atoms with Crippen LogP contribution in [0.25, 0.3) is 0 Å². The van der Waals surface area contributed by atoms with Crippen molar-refractivity contribution in [2.24, 2.45) is 0 Å². The summed E-state index contributed by atoms with van der Waals surface area (Å²) in [6.07, 6.45) is 2.65. The van der Waals surface area contributed by atoms with Crippen LogP contribution in [0.15, 0.2) is 0 Å². The van der Waals surface area contributed by atoms with Crippen molar-refractivity contribution in [1.82, 2.24) is 10.2 Å². The molecule has 1 atom stereocenters. The molecule has 0 spiro atoms. The highest BCUT2D eigenvalue weighted by Crippen LogP contribution is 2.10. The van der Waals surface area contributed by atoms with Gasteiger partial charge in [-0.25, -0.2) is 0 Å². The van der Waals surface area contributed by atoms with Crippen molar-refractivity contribution in [1.29, 1.82) is 0 Å². The zero-order valence-corrected chi connectivity index (χ0v) is 8.83. The lowest BCUT2D eigenvalue weighted by Crippen LogP contribution is -2.46. The first-order valence-electron chi connectivity index (χ1n) is 5.40. The van der Waals surface area contributed by atoms with Crippen LogP contribution in [0.3, 0.4) is 0 Å². The predicted octanol–water partition coefficient (Wildman–Crippen LogP) is 0.535. The van der Waals surface area contributed by atoms with Gasteiger partial charge in [-0.15, -0.1) is 0 Å². The molecule has 0 amide bonds. The number of rotatable bonds is 5. The number of hydrogen-bond donors (Lipinski definition) is 2. The van der Waals surface area contributed by atoms with Gasteiger partial charge in [-0.3, -0.25) is 9.69 Å². The average molecular weight is 200 g/mol. The largest absolute Gasteiger partial charge is 0.481 e. The number of hydrogen-bond acceptors (Lipinski definition) is 3. The number of carboxylic acid groups (broad SMARTS) is 1. The first kappa shape index (κ1) is 11.5. The Labute approximate surface area is 85.3 Å². The third-order valence-corrected chi connectivity index (χ3v) is 2.81. The van der Waals surface area contributed by atoms with Crippen LogP contribution in [-0.2, 0) is 4.79 Å². The molecule has 14 heavy (non-hydrogen) atoms. The van der Waals surface area contributed by atoms with Gasteiger partial charge >= 0.3 is 5.97 Å². The molecular weight excluding hydrogens is 180 g/mol. The van der Waals surface area contributed by atoms with E-state index in [1.165, 1.54) is 12.8 Å². The Hall–Kier alpha value is -0.610. The minimum absolute atomic E-state index is 0.254. The van der Waals surface area contributed by atoms with Gasteiger partial charge in [0.1, 0.15) is 0 Å². The van der Waals surface area contributed by atoms with Crippen molar-refractivity contribution in [3.8, 4) is 0 Å². The SMILES string of the molecule is CCN(CCC(=O)O)C1CCCNC1. The molecule has 1 aliphatic rings. The summed E-state index contributed by atoms with van der Waals surface area (Å²) in [6, 6.07) is 0.535. The van der Waals surface area contributed by atoms with Crippen LogP contribution in [-0.4, -0.2) is 48.2 Å². The number of likely N-dealkylation sites (N-methyl/N-ethyl adjacent to an activating group) is 1. The molecule has 0 bridgehead atoms. The topological polar surface area (TPSA) is 52.6 Å². The molecule has 4 nitrogen and oxygen atoms in total. The van der Waals surface area contributed by atoms with Gasteiger partial charge in [0.05, 0.1) is 6.42 Å². The number of carbonyl (C=O) groups is 1. The Morgan fingerprint density at radius 3 is 2.93 bits per heavy atom. The van der Waals surface area contributed by atoms with Crippen LogP contribution in [0.2, 0.25) is 0 Å². The lowest BCUT2D eigenvalue weighted by molar-refractivity contribution is -0.137. The fourth-order valence-electron chi connectivity index (χ4n) is 1.98. The fraction of sp³-hybridized carbons (Fsp3) is 0.900. The number of carboxylic acids is 1. The normalized spacial score (nSPS) is 22.6. The average Bonchev–Trinajstić information content (AvgIpc) is 2.20. The molecule has 1 saturated heterocycles. The molecule has 1 heterocycles. The predicted molar refractivity (Wildman–Crippen MR) is 55.4 cm³/mol. The minimum atomic E-state index is -0.702. The second-order valence-corrected chi connectivity index (χ2v) is 3.77. The van der Waals surface area contributed by atoms with Gasteiger partial charge in [0.25, 0.3) is 0 Å². The second kappa shape index (κ2) is 5.98. The number of aliphatic carboxylic acids is 1. The van der Waals surface area contributed by atoms with Crippen LogP contribution in [0.4, 0.5) is 0 Å². The molecule has 0 aromatic carbocycles. The van der Waals surface area contributed by atoms with E-state index in [-0.39, 0.29) is 6.42 Å². The van der Waals surface area contributed by atoms with Crippen molar-refractivity contribution < 1.29 is 9.90 Å². The van der Waals surface area contributed by atoms with Gasteiger partial charge < -0.3 is 10.4 Å². The van der Waals surface area contributed by atoms with E-state index in [2.05, 4.69) is 17.1 Å². The maximum Gasteiger partial charge on any atom is 0.304 e. The Morgan fingerprint density at radius 2 is 2.43 bits per heavy atom. The molecule has 4 heteroatoms. The Bertz CT molecular complexity index is 179. The molecule has 82 valence electrons. The standard InChI is InChI=1S/C10H20N2O2/c1-2-12(7-5-10(13)14)9-4-3-6-11-8-9/h9,11H,2-8H2,1H3,(H,13,14). The maximum absolute atomic E-state index is 10.5. The summed E-state index contributed by atoms with van der Waals surface area (Å²) in [5, 5.41) is 12.0. The quantitative estimate of drug-likeness (QED) is 0.680. The third-order valence-electron chi connectivity index (χ3n) is 2.81. The van der Waals surface area contributed by atoms with Crippen molar-refractivity contribution in [3.63, 3.8) is 0 Å². The monoisotopic (exact) mass is 200 g/mol. The zero-order valence-electron chi connectivity index (χ0n) is 8.83. The molecule has 1 fully saturated rings. The van der Waals surface area contributed by atoms with E-state index in [1.54, 1.807) is 0 Å². The first-order valence-corrected chi connectivity index (χ1v) is 5.40. The first-order chi connectivity index (χ1) is 6.74. The summed E-state index contributed by atoms with van der Waals surface area (Å²) in [4.78, 5) is 12.7. The van der Waals surface area contributed by atoms with E-state index < -0.39 is 5.97 Å². The smallest absolute Gasteiger partial charge is 0.304 e. The van der Waals surface area contributed by atoms with Gasteiger partial charge in [-0.1, -0.05) is 6.92 Å². The molecule has 0 aromatic heterocycles. The molecule has 0 saturated carbocycles. The summed E-state index contributed by atoms with van der Waals surface area (Å²) in [7, 11) is 0. The van der Waals surface area contributed by atoms with E-state index in [1.807, 2.05) is 0 Å². The van der Waals surface area contributed by atoms with Crippen LogP contribution < -0.4 is 5.32 Å². The van der Waals surface area contributed by atoms with Gasteiger partial charge in [0.2, 0.25) is 0 Å². The highest BCUT2D eigenvalue weighted by Gasteiger charge is 2.19. The van der Waals surface area contributed by atoms with Crippen LogP contribution in [0.1, 0.15) is 26.2 Å². The van der Waals surface area contributed by atoms with E-state index in [4.69, 9.17) is 5.11 Å². The minimum Gasteiger partial charge on any atom is -0.481 e. The summed E-state index contributed by atoms with van der Waals surface area (Å²) in [5.74, 6) is -0.702. The maximum atomic E-state index is 10.5. The van der Waals surface area contributed by atoms with E-state index in [0.717, 1.165) is 19.6 Å². The number of piperidine rings is 1. The molecule has 1 aliphatic heterocycles. The molecule has 1 rings (SSSR count). The van der Waals surface area contributed by atoms with Crippen molar-refractivity contribution in [2.45, 2.75) is 32.2 Å². The second-order valence-electron chi connectivity index (χ2n) is 3.77. The summed E-state index contributed by atoms with van der Waals surface area (Å²) in [6.45, 7) is 5.83. The van der Waals surface area contributed by atoms with Gasteiger partial charge in [0, 0.05) is 19.1 Å². The van der Waals surface area contributed by atoms with E-state index >= 15 is 0 Å². The molecule has 0 aromatic rings. The molecule has 0 radical (unpaired) electrons.